The molecule has 7 heteroatoms. The van der Waals surface area contributed by atoms with Gasteiger partial charge in [-0.15, -0.1) is 0 Å². The first kappa shape index (κ1) is 25.1. The summed E-state index contributed by atoms with van der Waals surface area (Å²) in [6.07, 6.45) is 1.31. The fourth-order valence-electron chi connectivity index (χ4n) is 4.04. The van der Waals surface area contributed by atoms with Crippen molar-refractivity contribution in [2.24, 2.45) is 0 Å². The lowest BCUT2D eigenvalue weighted by atomic mass is 9.79. The maximum Gasteiger partial charge on any atom is 0.336 e. The minimum atomic E-state index is -0.656. The highest BCUT2D eigenvalue weighted by atomic mass is 79.9. The lowest BCUT2D eigenvalue weighted by Crippen LogP contribution is -2.33. The molecule has 0 saturated carbocycles. The van der Waals surface area contributed by atoms with Crippen molar-refractivity contribution in [3.8, 4) is 0 Å². The van der Waals surface area contributed by atoms with Gasteiger partial charge in [-0.05, 0) is 49.9 Å². The van der Waals surface area contributed by atoms with Gasteiger partial charge in [0.25, 0.3) is 0 Å². The Morgan fingerprint density at radius 2 is 1.82 bits per heavy atom. The van der Waals surface area contributed by atoms with Gasteiger partial charge in [0, 0.05) is 21.2 Å². The van der Waals surface area contributed by atoms with Crippen LogP contribution in [0.1, 0.15) is 48.6 Å². The summed E-state index contributed by atoms with van der Waals surface area (Å²) in [4.78, 5) is 26.1. The minimum absolute atomic E-state index is 0.104. The number of halogens is 2. The Morgan fingerprint density at radius 3 is 2.45 bits per heavy atom. The van der Waals surface area contributed by atoms with Crippen LogP contribution in [0.2, 0.25) is 5.02 Å². The molecule has 5 nitrogen and oxygen atoms in total. The van der Waals surface area contributed by atoms with E-state index in [0.29, 0.717) is 28.3 Å². The maximum absolute atomic E-state index is 13.2. The van der Waals surface area contributed by atoms with E-state index in [1.165, 1.54) is 7.11 Å². The Morgan fingerprint density at radius 1 is 1.09 bits per heavy atom. The van der Waals surface area contributed by atoms with Crippen LogP contribution in [0.15, 0.2) is 77.1 Å². The minimum Gasteiger partial charge on any atom is -0.466 e. The topological polar surface area (TPSA) is 64.6 Å². The van der Waals surface area contributed by atoms with Gasteiger partial charge in [0.15, 0.2) is 0 Å². The molecular weight excluding hydrogens is 506 g/mol. The first-order chi connectivity index (χ1) is 15.9. The number of carbonyl (C=O) groups excluding carboxylic acids is 2. The average molecular weight is 533 g/mol. The maximum atomic E-state index is 13.2. The van der Waals surface area contributed by atoms with Crippen LogP contribution in [0.4, 0.5) is 0 Å². The number of benzene rings is 2. The summed E-state index contributed by atoms with van der Waals surface area (Å²) in [5, 5.41) is 3.81. The number of esters is 2. The number of alkyl halides is 1. The van der Waals surface area contributed by atoms with E-state index < -0.39 is 17.9 Å². The zero-order chi connectivity index (χ0) is 24.0. The number of dihydropyridines is 1. The third kappa shape index (κ3) is 5.87. The smallest absolute Gasteiger partial charge is 0.336 e. The second-order valence-electron chi connectivity index (χ2n) is 7.67. The highest BCUT2D eigenvalue weighted by Crippen LogP contribution is 2.41. The molecule has 1 aliphatic heterocycles. The number of allylic oxidation sites excluding steroid dienone is 2. The van der Waals surface area contributed by atoms with Gasteiger partial charge >= 0.3 is 11.9 Å². The molecule has 2 aromatic carbocycles. The van der Waals surface area contributed by atoms with E-state index in [-0.39, 0.29) is 11.4 Å². The number of nitrogens with one attached hydrogen (secondary N) is 1. The summed E-state index contributed by atoms with van der Waals surface area (Å²) in [6.45, 7) is 3.79. The number of hydrogen-bond donors (Lipinski definition) is 1. The molecule has 0 aromatic heterocycles. The summed E-state index contributed by atoms with van der Waals surface area (Å²) in [5.41, 5.74) is 4.01. The molecule has 0 bridgehead atoms. The molecule has 1 heterocycles. The van der Waals surface area contributed by atoms with Crippen molar-refractivity contribution in [1.82, 2.24) is 5.32 Å². The number of carbonyl (C=O) groups is 2. The summed E-state index contributed by atoms with van der Waals surface area (Å²) in [5.74, 6) is -1.63. The molecule has 2 unspecified atom stereocenters. The van der Waals surface area contributed by atoms with Gasteiger partial charge in [-0.25, -0.2) is 9.59 Å². The van der Waals surface area contributed by atoms with Crippen LogP contribution in [-0.4, -0.2) is 25.7 Å². The third-order valence-electron chi connectivity index (χ3n) is 5.54. The van der Waals surface area contributed by atoms with Crippen LogP contribution in [-0.2, 0) is 19.1 Å². The molecule has 0 fully saturated rings. The van der Waals surface area contributed by atoms with E-state index in [0.717, 1.165) is 23.2 Å². The Labute approximate surface area is 207 Å². The van der Waals surface area contributed by atoms with Crippen molar-refractivity contribution < 1.29 is 19.1 Å². The summed E-state index contributed by atoms with van der Waals surface area (Å²) >= 11 is 10.0. The standard InChI is InChI=1S/C26H27BrClNO4/c1-4-33-26(31)24-21(14-13-20(27)17-9-6-5-7-10-17)29-16(2)22(25(30)32-3)23(24)18-11-8-12-19(28)15-18/h5-12,15,20,23,29H,4,13-14H2,1-3H3. The monoisotopic (exact) mass is 531 g/mol. The van der Waals surface area contributed by atoms with E-state index >= 15 is 0 Å². The first-order valence-electron chi connectivity index (χ1n) is 10.8. The van der Waals surface area contributed by atoms with Crippen LogP contribution in [0, 0.1) is 0 Å². The van der Waals surface area contributed by atoms with Crippen molar-refractivity contribution in [3.63, 3.8) is 0 Å². The van der Waals surface area contributed by atoms with Gasteiger partial charge < -0.3 is 14.8 Å². The fraction of sp³-hybridized carbons (Fsp3) is 0.308. The number of rotatable bonds is 8. The van der Waals surface area contributed by atoms with E-state index in [4.69, 9.17) is 21.1 Å². The fourth-order valence-corrected chi connectivity index (χ4v) is 4.78. The van der Waals surface area contributed by atoms with Gasteiger partial charge in [0.1, 0.15) is 0 Å². The lowest BCUT2D eigenvalue weighted by molar-refractivity contribution is -0.139. The molecule has 174 valence electrons. The van der Waals surface area contributed by atoms with Gasteiger partial charge in [0.2, 0.25) is 0 Å². The van der Waals surface area contributed by atoms with E-state index in [1.54, 1.807) is 25.1 Å². The molecule has 0 radical (unpaired) electrons. The predicted molar refractivity (Wildman–Crippen MR) is 133 cm³/mol. The van der Waals surface area contributed by atoms with Gasteiger partial charge in [-0.2, -0.15) is 0 Å². The quantitative estimate of drug-likeness (QED) is 0.324. The number of methoxy groups -OCH3 is 1. The lowest BCUT2D eigenvalue weighted by Gasteiger charge is -2.32. The molecule has 3 rings (SSSR count). The number of hydrogen-bond acceptors (Lipinski definition) is 5. The second kappa shape index (κ2) is 11.5. The molecule has 33 heavy (non-hydrogen) atoms. The van der Waals surface area contributed by atoms with Crippen molar-refractivity contribution in [2.75, 3.05) is 13.7 Å². The Balaban J connectivity index is 2.07. The first-order valence-corrected chi connectivity index (χ1v) is 12.1. The van der Waals surface area contributed by atoms with Crippen LogP contribution >= 0.6 is 27.5 Å². The Hall–Kier alpha value is -2.57. The molecule has 2 aromatic rings. The van der Waals surface area contributed by atoms with Crippen molar-refractivity contribution >= 4 is 39.5 Å². The van der Waals surface area contributed by atoms with E-state index in [1.807, 2.05) is 31.2 Å². The predicted octanol–water partition coefficient (Wildman–Crippen LogP) is 6.21. The van der Waals surface area contributed by atoms with Gasteiger partial charge in [-0.1, -0.05) is 70.0 Å². The summed E-state index contributed by atoms with van der Waals surface area (Å²) in [7, 11) is 1.33. The highest BCUT2D eigenvalue weighted by molar-refractivity contribution is 9.09. The van der Waals surface area contributed by atoms with Crippen LogP contribution in [0.5, 0.6) is 0 Å². The molecule has 0 spiro atoms. The second-order valence-corrected chi connectivity index (χ2v) is 9.21. The molecule has 0 amide bonds. The Bertz CT molecular complexity index is 1080. The zero-order valence-corrected chi connectivity index (χ0v) is 21.2. The van der Waals surface area contributed by atoms with Crippen molar-refractivity contribution in [3.05, 3.63) is 93.3 Å². The average Bonchev–Trinajstić information content (AvgIpc) is 2.82. The van der Waals surface area contributed by atoms with Crippen LogP contribution in [0.25, 0.3) is 0 Å². The van der Waals surface area contributed by atoms with Gasteiger partial charge in [-0.3, -0.25) is 0 Å². The van der Waals surface area contributed by atoms with Crippen LogP contribution < -0.4 is 5.32 Å². The Kier molecular flexibility index (Phi) is 8.75. The van der Waals surface area contributed by atoms with E-state index in [9.17, 15) is 9.59 Å². The van der Waals surface area contributed by atoms with Crippen molar-refractivity contribution in [2.45, 2.75) is 37.4 Å². The third-order valence-corrected chi connectivity index (χ3v) is 6.76. The van der Waals surface area contributed by atoms with E-state index in [2.05, 4.69) is 33.4 Å². The molecule has 0 aliphatic carbocycles. The largest absolute Gasteiger partial charge is 0.466 e. The summed E-state index contributed by atoms with van der Waals surface area (Å²) < 4.78 is 10.5. The highest BCUT2D eigenvalue weighted by Gasteiger charge is 2.38. The van der Waals surface area contributed by atoms with Crippen LogP contribution in [0.3, 0.4) is 0 Å². The van der Waals surface area contributed by atoms with Crippen molar-refractivity contribution in [1.29, 1.82) is 0 Å². The molecule has 1 aliphatic rings. The molecular formula is C26H27BrClNO4. The normalized spacial score (nSPS) is 16.8. The molecule has 1 N–H and O–H groups in total. The number of ether oxygens (including phenoxy) is 2. The van der Waals surface area contributed by atoms with Gasteiger partial charge in [0.05, 0.1) is 30.8 Å². The SMILES string of the molecule is CCOC(=O)C1=C(CCC(Br)c2ccccc2)NC(C)=C(C(=O)OC)C1c1cccc(Cl)c1. The summed E-state index contributed by atoms with van der Waals surface area (Å²) in [6, 6.07) is 17.3. The zero-order valence-electron chi connectivity index (χ0n) is 18.9. The molecule has 0 saturated heterocycles. The molecule has 2 atom stereocenters.